The Hall–Kier alpha value is -1.82. The molecule has 0 nitrogen and oxygen atoms in total. The molecule has 0 atom stereocenters. The van der Waals surface area contributed by atoms with Crippen LogP contribution >= 0.6 is 0 Å². The van der Waals surface area contributed by atoms with Crippen molar-refractivity contribution < 1.29 is 0 Å². The van der Waals surface area contributed by atoms with Crippen molar-refractivity contribution in [1.29, 1.82) is 0 Å². The zero-order chi connectivity index (χ0) is 14.5. The van der Waals surface area contributed by atoms with Crippen molar-refractivity contribution in [2.75, 3.05) is 0 Å². The molecule has 0 aliphatic rings. The van der Waals surface area contributed by atoms with Gasteiger partial charge in [0, 0.05) is 0 Å². The summed E-state index contributed by atoms with van der Waals surface area (Å²) >= 11 is 0. The number of rotatable bonds is 6. The summed E-state index contributed by atoms with van der Waals surface area (Å²) in [5.74, 6) is 0. The van der Waals surface area contributed by atoms with Gasteiger partial charge >= 0.3 is 0 Å². The van der Waals surface area contributed by atoms with E-state index in [1.807, 2.05) is 0 Å². The molecule has 0 heterocycles. The highest BCUT2D eigenvalue weighted by Crippen LogP contribution is 2.24. The Morgan fingerprint density at radius 1 is 0.619 bits per heavy atom. The molecule has 0 spiro atoms. The lowest BCUT2D eigenvalue weighted by molar-refractivity contribution is 0.645. The lowest BCUT2D eigenvalue weighted by Crippen LogP contribution is -1.87. The van der Waals surface area contributed by atoms with Crippen LogP contribution in [0.1, 0.15) is 37.7 Å². The average Bonchev–Trinajstić information content (AvgIpc) is 2.52. The summed E-state index contributed by atoms with van der Waals surface area (Å²) in [5, 5.41) is 5.36. The maximum absolute atomic E-state index is 3.90. The van der Waals surface area contributed by atoms with Crippen molar-refractivity contribution in [3.05, 3.63) is 67.1 Å². The molecule has 0 saturated heterocycles. The van der Waals surface area contributed by atoms with E-state index in [4.69, 9.17) is 0 Å². The fraction of sp³-hybridized carbons (Fsp3) is 0.286. The van der Waals surface area contributed by atoms with E-state index in [0.29, 0.717) is 0 Å². The quantitative estimate of drug-likeness (QED) is 0.365. The lowest BCUT2D eigenvalue weighted by Gasteiger charge is -2.06. The Balaban J connectivity index is 1.77. The van der Waals surface area contributed by atoms with Crippen LogP contribution in [0.25, 0.3) is 21.5 Å². The van der Waals surface area contributed by atoms with Crippen LogP contribution in [0, 0.1) is 6.92 Å². The summed E-state index contributed by atoms with van der Waals surface area (Å²) in [6.07, 6.45) is 7.47. The summed E-state index contributed by atoms with van der Waals surface area (Å²) in [6, 6.07) is 20.1. The van der Waals surface area contributed by atoms with Crippen LogP contribution in [-0.4, -0.2) is 0 Å². The average molecular weight is 275 g/mol. The first kappa shape index (κ1) is 14.1. The Morgan fingerprint density at radius 3 is 2.05 bits per heavy atom. The van der Waals surface area contributed by atoms with Gasteiger partial charge in [-0.1, -0.05) is 75.1 Å². The predicted molar refractivity (Wildman–Crippen MR) is 93.6 cm³/mol. The van der Waals surface area contributed by atoms with Gasteiger partial charge < -0.3 is 0 Å². The molecule has 0 fully saturated rings. The Labute approximate surface area is 127 Å². The number of hydrogen-bond acceptors (Lipinski definition) is 0. The maximum atomic E-state index is 3.90. The van der Waals surface area contributed by atoms with Crippen molar-refractivity contribution in [2.24, 2.45) is 0 Å². The van der Waals surface area contributed by atoms with Crippen molar-refractivity contribution >= 4 is 21.5 Å². The smallest absolute Gasteiger partial charge is 0.0175 e. The van der Waals surface area contributed by atoms with Crippen LogP contribution in [0.15, 0.2) is 54.6 Å². The molecule has 107 valence electrons. The van der Waals surface area contributed by atoms with Crippen molar-refractivity contribution in [2.45, 2.75) is 38.5 Å². The van der Waals surface area contributed by atoms with Crippen molar-refractivity contribution in [3.8, 4) is 0 Å². The van der Waals surface area contributed by atoms with Gasteiger partial charge in [0.15, 0.2) is 0 Å². The molecule has 1 radical (unpaired) electrons. The van der Waals surface area contributed by atoms with Gasteiger partial charge in [-0.2, -0.15) is 0 Å². The number of fused-ring (bicyclic) bond motifs is 2. The van der Waals surface area contributed by atoms with Crippen molar-refractivity contribution in [1.82, 2.24) is 0 Å². The van der Waals surface area contributed by atoms with Crippen LogP contribution in [0.3, 0.4) is 0 Å². The third-order valence-corrected chi connectivity index (χ3v) is 4.23. The van der Waals surface area contributed by atoms with Gasteiger partial charge in [0.1, 0.15) is 0 Å². The summed E-state index contributed by atoms with van der Waals surface area (Å²) in [7, 11) is 0. The zero-order valence-corrected chi connectivity index (χ0v) is 12.6. The van der Waals surface area contributed by atoms with E-state index in [1.165, 1.54) is 59.2 Å². The minimum Gasteiger partial charge on any atom is -0.0616 e. The SMILES string of the molecule is [CH2]CCCCCCc1ccc2cc3ccccc3cc2c1. The molecule has 0 heteroatoms. The van der Waals surface area contributed by atoms with Gasteiger partial charge in [0.05, 0.1) is 0 Å². The van der Waals surface area contributed by atoms with Crippen LogP contribution in [-0.2, 0) is 6.42 Å². The fourth-order valence-electron chi connectivity index (χ4n) is 3.00. The van der Waals surface area contributed by atoms with Crippen LogP contribution in [0.4, 0.5) is 0 Å². The molecule has 0 saturated carbocycles. The van der Waals surface area contributed by atoms with Gasteiger partial charge in [-0.3, -0.25) is 0 Å². The largest absolute Gasteiger partial charge is 0.0616 e. The van der Waals surface area contributed by atoms with Crippen LogP contribution in [0.5, 0.6) is 0 Å². The first-order valence-electron chi connectivity index (χ1n) is 8.07. The van der Waals surface area contributed by atoms with E-state index >= 15 is 0 Å². The van der Waals surface area contributed by atoms with Gasteiger partial charge in [-0.05, 0) is 52.1 Å². The second-order valence-electron chi connectivity index (χ2n) is 5.90. The van der Waals surface area contributed by atoms with Crippen molar-refractivity contribution in [3.63, 3.8) is 0 Å². The zero-order valence-electron chi connectivity index (χ0n) is 12.6. The van der Waals surface area contributed by atoms with Gasteiger partial charge in [0.25, 0.3) is 0 Å². The minimum absolute atomic E-state index is 1.07. The fourth-order valence-corrected chi connectivity index (χ4v) is 3.00. The monoisotopic (exact) mass is 275 g/mol. The van der Waals surface area contributed by atoms with E-state index in [2.05, 4.69) is 61.5 Å². The number of hydrogen-bond donors (Lipinski definition) is 0. The molecule has 0 amide bonds. The Bertz CT molecular complexity index is 724. The number of unbranched alkanes of at least 4 members (excludes halogenated alkanes) is 4. The molecule has 0 aliphatic heterocycles. The molecule has 3 aromatic rings. The van der Waals surface area contributed by atoms with E-state index in [9.17, 15) is 0 Å². The molecule has 21 heavy (non-hydrogen) atoms. The molecule has 0 unspecified atom stereocenters. The predicted octanol–water partition coefficient (Wildman–Crippen LogP) is 6.32. The third kappa shape index (κ3) is 3.44. The summed E-state index contributed by atoms with van der Waals surface area (Å²) < 4.78 is 0. The number of benzene rings is 3. The first-order valence-corrected chi connectivity index (χ1v) is 8.07. The number of aryl methyl sites for hydroxylation is 1. The molecule has 0 aliphatic carbocycles. The van der Waals surface area contributed by atoms with Crippen LogP contribution < -0.4 is 0 Å². The summed E-state index contributed by atoms with van der Waals surface area (Å²) in [5.41, 5.74) is 1.47. The lowest BCUT2D eigenvalue weighted by atomic mass is 9.99. The summed E-state index contributed by atoms with van der Waals surface area (Å²) in [4.78, 5) is 0. The maximum Gasteiger partial charge on any atom is -0.0175 e. The Kier molecular flexibility index (Phi) is 4.55. The topological polar surface area (TPSA) is 0 Å². The molecule has 3 rings (SSSR count). The van der Waals surface area contributed by atoms with Gasteiger partial charge in [-0.25, -0.2) is 0 Å². The standard InChI is InChI=1S/C21H23/c1-2-3-4-5-6-9-17-12-13-20-15-18-10-7-8-11-19(18)16-21(20)14-17/h7-8,10-16H,1-6,9H2. The van der Waals surface area contributed by atoms with Crippen LogP contribution in [0.2, 0.25) is 0 Å². The van der Waals surface area contributed by atoms with E-state index in [0.717, 1.165) is 6.42 Å². The minimum atomic E-state index is 1.07. The molecular weight excluding hydrogens is 252 g/mol. The first-order chi connectivity index (χ1) is 10.4. The highest BCUT2D eigenvalue weighted by molar-refractivity contribution is 5.98. The summed E-state index contributed by atoms with van der Waals surface area (Å²) in [6.45, 7) is 3.90. The molecule has 0 bridgehead atoms. The van der Waals surface area contributed by atoms with E-state index in [-0.39, 0.29) is 0 Å². The van der Waals surface area contributed by atoms with E-state index < -0.39 is 0 Å². The highest BCUT2D eigenvalue weighted by Gasteiger charge is 2.00. The Morgan fingerprint density at radius 2 is 1.29 bits per heavy atom. The van der Waals surface area contributed by atoms with E-state index in [1.54, 1.807) is 0 Å². The highest BCUT2D eigenvalue weighted by atomic mass is 14.0. The van der Waals surface area contributed by atoms with Gasteiger partial charge in [0.2, 0.25) is 0 Å². The second kappa shape index (κ2) is 6.76. The normalized spacial score (nSPS) is 11.3. The molecule has 0 aromatic heterocycles. The van der Waals surface area contributed by atoms with Gasteiger partial charge in [-0.15, -0.1) is 0 Å². The second-order valence-corrected chi connectivity index (χ2v) is 5.90. The molecule has 3 aromatic carbocycles. The molecular formula is C21H23. The third-order valence-electron chi connectivity index (χ3n) is 4.23. The molecule has 0 N–H and O–H groups in total.